The third kappa shape index (κ3) is 3.71. The summed E-state index contributed by atoms with van der Waals surface area (Å²) in [5.74, 6) is 1.19. The minimum atomic E-state index is 0.291. The van der Waals surface area contributed by atoms with Gasteiger partial charge in [0, 0.05) is 39.4 Å². The second-order valence-corrected chi connectivity index (χ2v) is 4.75. The van der Waals surface area contributed by atoms with E-state index in [9.17, 15) is 0 Å². The Morgan fingerprint density at radius 2 is 2.06 bits per heavy atom. The summed E-state index contributed by atoms with van der Waals surface area (Å²) in [6, 6.07) is 0. The van der Waals surface area contributed by atoms with Crippen molar-refractivity contribution in [2.24, 2.45) is 7.05 Å². The van der Waals surface area contributed by atoms with Crippen LogP contribution in [0.2, 0.25) is 0 Å². The number of aliphatic hydroxyl groups is 1. The van der Waals surface area contributed by atoms with Crippen LogP contribution in [0.25, 0.3) is 0 Å². The van der Waals surface area contributed by atoms with E-state index >= 15 is 0 Å². The van der Waals surface area contributed by atoms with Gasteiger partial charge in [0.2, 0.25) is 0 Å². The molecule has 1 rings (SSSR count). The van der Waals surface area contributed by atoms with E-state index in [0.717, 1.165) is 38.0 Å². The molecule has 0 unspecified atom stereocenters. The van der Waals surface area contributed by atoms with E-state index in [2.05, 4.69) is 29.3 Å². The number of nitrogens with zero attached hydrogens (tertiary/aromatic N) is 3. The van der Waals surface area contributed by atoms with Crippen LogP contribution in [0.3, 0.4) is 0 Å². The van der Waals surface area contributed by atoms with Gasteiger partial charge in [-0.25, -0.2) is 0 Å². The van der Waals surface area contributed by atoms with Gasteiger partial charge in [0.1, 0.15) is 5.82 Å². The minimum absolute atomic E-state index is 0.291. The van der Waals surface area contributed by atoms with Gasteiger partial charge >= 0.3 is 0 Å². The zero-order valence-electron chi connectivity index (χ0n) is 12.0. The van der Waals surface area contributed by atoms with Gasteiger partial charge in [0.15, 0.2) is 0 Å². The number of hydrogen-bond acceptors (Lipinski definition) is 4. The van der Waals surface area contributed by atoms with E-state index in [1.807, 2.05) is 18.8 Å². The SMILES string of the molecule is CNCc1c(C)nn(C)c1N(C)CCCCCO. The Hall–Kier alpha value is -1.07. The molecule has 1 heterocycles. The first kappa shape index (κ1) is 15.0. The predicted molar refractivity (Wildman–Crippen MR) is 74.9 cm³/mol. The van der Waals surface area contributed by atoms with Gasteiger partial charge in [0.25, 0.3) is 0 Å². The summed E-state index contributed by atoms with van der Waals surface area (Å²) in [7, 11) is 6.05. The zero-order chi connectivity index (χ0) is 13.5. The van der Waals surface area contributed by atoms with Gasteiger partial charge in [-0.2, -0.15) is 5.10 Å². The van der Waals surface area contributed by atoms with Gasteiger partial charge in [-0.1, -0.05) is 0 Å². The number of unbranched alkanes of at least 4 members (excludes halogenated alkanes) is 2. The second kappa shape index (κ2) is 7.38. The monoisotopic (exact) mass is 254 g/mol. The van der Waals surface area contributed by atoms with Crippen LogP contribution in [0.4, 0.5) is 5.82 Å². The molecule has 1 aromatic rings. The fourth-order valence-corrected chi connectivity index (χ4v) is 2.29. The normalized spacial score (nSPS) is 10.9. The van der Waals surface area contributed by atoms with Crippen molar-refractivity contribution in [3.8, 4) is 0 Å². The molecule has 0 saturated heterocycles. The molecule has 0 bridgehead atoms. The quantitative estimate of drug-likeness (QED) is 0.681. The van der Waals surface area contributed by atoms with Gasteiger partial charge in [-0.15, -0.1) is 0 Å². The average molecular weight is 254 g/mol. The van der Waals surface area contributed by atoms with Gasteiger partial charge in [0.05, 0.1) is 5.69 Å². The van der Waals surface area contributed by atoms with Gasteiger partial charge in [-0.05, 0) is 33.2 Å². The maximum atomic E-state index is 8.77. The highest BCUT2D eigenvalue weighted by molar-refractivity contribution is 5.49. The van der Waals surface area contributed by atoms with Crippen molar-refractivity contribution in [3.05, 3.63) is 11.3 Å². The first-order valence-electron chi connectivity index (χ1n) is 6.60. The van der Waals surface area contributed by atoms with E-state index in [-0.39, 0.29) is 0 Å². The molecular weight excluding hydrogens is 228 g/mol. The standard InChI is InChI=1S/C13H26N4O/c1-11-12(10-14-2)13(17(4)15-11)16(3)8-6-5-7-9-18/h14,18H,5-10H2,1-4H3. The van der Waals surface area contributed by atoms with Gasteiger partial charge in [-0.3, -0.25) is 4.68 Å². The fraction of sp³-hybridized carbons (Fsp3) is 0.769. The Morgan fingerprint density at radius 3 is 2.67 bits per heavy atom. The smallest absolute Gasteiger partial charge is 0.131 e. The number of aryl methyl sites for hydroxylation is 2. The largest absolute Gasteiger partial charge is 0.396 e. The molecule has 2 N–H and O–H groups in total. The molecular formula is C13H26N4O. The third-order valence-corrected chi connectivity index (χ3v) is 3.18. The molecule has 0 aliphatic rings. The van der Waals surface area contributed by atoms with Crippen LogP contribution < -0.4 is 10.2 Å². The number of nitrogens with one attached hydrogen (secondary N) is 1. The molecule has 1 aromatic heterocycles. The molecule has 104 valence electrons. The molecule has 0 radical (unpaired) electrons. The summed E-state index contributed by atoms with van der Waals surface area (Å²) in [5.41, 5.74) is 2.36. The molecule has 5 nitrogen and oxygen atoms in total. The van der Waals surface area contributed by atoms with Crippen LogP contribution in [0, 0.1) is 6.92 Å². The Kier molecular flexibility index (Phi) is 6.15. The lowest BCUT2D eigenvalue weighted by molar-refractivity contribution is 0.283. The van der Waals surface area contributed by atoms with Crippen LogP contribution >= 0.6 is 0 Å². The van der Waals surface area contributed by atoms with Crippen LogP contribution in [0.5, 0.6) is 0 Å². The molecule has 0 spiro atoms. The van der Waals surface area contributed by atoms with Crippen molar-refractivity contribution < 1.29 is 5.11 Å². The maximum Gasteiger partial charge on any atom is 0.131 e. The summed E-state index contributed by atoms with van der Waals surface area (Å²) in [5, 5.41) is 16.5. The molecule has 0 fully saturated rings. The average Bonchev–Trinajstić information content (AvgIpc) is 2.60. The van der Waals surface area contributed by atoms with E-state index in [1.54, 1.807) is 0 Å². The van der Waals surface area contributed by atoms with Crippen LogP contribution in [0.15, 0.2) is 0 Å². The number of aliphatic hydroxyl groups excluding tert-OH is 1. The van der Waals surface area contributed by atoms with E-state index in [4.69, 9.17) is 5.11 Å². The van der Waals surface area contributed by atoms with Crippen molar-refractivity contribution in [1.29, 1.82) is 0 Å². The minimum Gasteiger partial charge on any atom is -0.396 e. The Morgan fingerprint density at radius 1 is 1.33 bits per heavy atom. The lowest BCUT2D eigenvalue weighted by atomic mass is 10.2. The number of hydrogen-bond donors (Lipinski definition) is 2. The van der Waals surface area contributed by atoms with Crippen LogP contribution in [-0.4, -0.2) is 42.1 Å². The molecule has 0 amide bonds. The van der Waals surface area contributed by atoms with Crippen molar-refractivity contribution in [3.63, 3.8) is 0 Å². The maximum absolute atomic E-state index is 8.77. The Labute approximate surface area is 110 Å². The predicted octanol–water partition coefficient (Wildman–Crippen LogP) is 1.05. The summed E-state index contributed by atoms with van der Waals surface area (Å²) in [6.45, 7) is 4.18. The highest BCUT2D eigenvalue weighted by Crippen LogP contribution is 2.22. The topological polar surface area (TPSA) is 53.3 Å². The lowest BCUT2D eigenvalue weighted by Gasteiger charge is -2.21. The highest BCUT2D eigenvalue weighted by Gasteiger charge is 2.15. The fourth-order valence-electron chi connectivity index (χ4n) is 2.29. The molecule has 0 saturated carbocycles. The van der Waals surface area contributed by atoms with Crippen LogP contribution in [0.1, 0.15) is 30.5 Å². The molecule has 0 aliphatic carbocycles. The summed E-state index contributed by atoms with van der Waals surface area (Å²) in [6.07, 6.45) is 3.06. The number of anilines is 1. The second-order valence-electron chi connectivity index (χ2n) is 4.75. The lowest BCUT2D eigenvalue weighted by Crippen LogP contribution is -2.23. The first-order chi connectivity index (χ1) is 8.61. The molecule has 5 heteroatoms. The van der Waals surface area contributed by atoms with Crippen LogP contribution in [-0.2, 0) is 13.6 Å². The highest BCUT2D eigenvalue weighted by atomic mass is 16.2. The van der Waals surface area contributed by atoms with Gasteiger partial charge < -0.3 is 15.3 Å². The molecule has 18 heavy (non-hydrogen) atoms. The third-order valence-electron chi connectivity index (χ3n) is 3.18. The first-order valence-corrected chi connectivity index (χ1v) is 6.60. The molecule has 0 aliphatic heterocycles. The number of rotatable bonds is 8. The molecule has 0 aromatic carbocycles. The number of aromatic nitrogens is 2. The van der Waals surface area contributed by atoms with E-state index < -0.39 is 0 Å². The Balaban J connectivity index is 2.68. The van der Waals surface area contributed by atoms with Crippen molar-refractivity contribution in [2.75, 3.05) is 32.1 Å². The van der Waals surface area contributed by atoms with Crippen molar-refractivity contribution >= 4 is 5.82 Å². The molecule has 0 atom stereocenters. The zero-order valence-corrected chi connectivity index (χ0v) is 12.0. The van der Waals surface area contributed by atoms with E-state index in [0.29, 0.717) is 6.61 Å². The Bertz CT molecular complexity index is 362. The summed E-state index contributed by atoms with van der Waals surface area (Å²) in [4.78, 5) is 2.25. The van der Waals surface area contributed by atoms with Crippen molar-refractivity contribution in [1.82, 2.24) is 15.1 Å². The van der Waals surface area contributed by atoms with Crippen molar-refractivity contribution in [2.45, 2.75) is 32.7 Å². The van der Waals surface area contributed by atoms with E-state index in [1.165, 1.54) is 11.4 Å². The summed E-state index contributed by atoms with van der Waals surface area (Å²) < 4.78 is 1.95. The summed E-state index contributed by atoms with van der Waals surface area (Å²) >= 11 is 0.